The number of nitrogen functional groups attached to an aromatic ring is 1. The van der Waals surface area contributed by atoms with Crippen LogP contribution in [0.3, 0.4) is 0 Å². The average molecular weight is 526 g/mol. The largest absolute Gasteiger partial charge is 0.468 e. The van der Waals surface area contributed by atoms with Crippen molar-refractivity contribution in [1.29, 1.82) is 0 Å². The van der Waals surface area contributed by atoms with Crippen LogP contribution in [-0.2, 0) is 32.2 Å². The van der Waals surface area contributed by atoms with Gasteiger partial charge in [-0.15, -0.1) is 11.8 Å². The van der Waals surface area contributed by atoms with Crippen LogP contribution in [0.5, 0.6) is 0 Å². The first-order valence-corrected chi connectivity index (χ1v) is 12.3. The van der Waals surface area contributed by atoms with E-state index in [1.165, 1.54) is 11.8 Å². The van der Waals surface area contributed by atoms with Gasteiger partial charge in [0.25, 0.3) is 5.56 Å². The van der Waals surface area contributed by atoms with E-state index < -0.39 is 47.7 Å². The Kier molecular flexibility index (Phi) is 9.45. The highest BCUT2D eigenvalue weighted by atomic mass is 32.2. The summed E-state index contributed by atoms with van der Waals surface area (Å²) in [6, 6.07) is 16.6. The third-order valence-electron chi connectivity index (χ3n) is 5.41. The molecular weight excluding hydrogens is 498 g/mol. The Bertz CT molecular complexity index is 1400. The molecule has 0 spiro atoms. The first-order chi connectivity index (χ1) is 17.7. The molecule has 3 aromatic rings. The number of methoxy groups -OCH3 is 1. The summed E-state index contributed by atoms with van der Waals surface area (Å²) in [5, 5.41) is 0. The second-order valence-corrected chi connectivity index (χ2v) is 9.25. The van der Waals surface area contributed by atoms with E-state index in [9.17, 15) is 24.0 Å². The number of esters is 2. The molecule has 0 saturated carbocycles. The lowest BCUT2D eigenvalue weighted by atomic mass is 10.2. The quantitative estimate of drug-likeness (QED) is 0.226. The van der Waals surface area contributed by atoms with Crippen molar-refractivity contribution in [2.24, 2.45) is 0 Å². The van der Waals surface area contributed by atoms with Crippen LogP contribution in [0.4, 0.5) is 5.82 Å². The second kappa shape index (κ2) is 12.7. The molecule has 1 aromatic heterocycles. The van der Waals surface area contributed by atoms with Crippen molar-refractivity contribution in [2.75, 3.05) is 25.2 Å². The summed E-state index contributed by atoms with van der Waals surface area (Å²) in [6.07, 6.45) is 0.0430. The zero-order valence-corrected chi connectivity index (χ0v) is 21.3. The highest BCUT2D eigenvalue weighted by Crippen LogP contribution is 2.19. The molecule has 37 heavy (non-hydrogen) atoms. The number of anilines is 1. The molecule has 0 unspecified atom stereocenters. The number of aryl methyl sites for hydroxylation is 1. The fourth-order valence-electron chi connectivity index (χ4n) is 3.41. The topological polar surface area (TPSA) is 140 Å². The number of nitrogens with zero attached hydrogens (tertiary/aromatic N) is 2. The van der Waals surface area contributed by atoms with Crippen molar-refractivity contribution in [3.8, 4) is 0 Å². The number of aromatic nitrogens is 2. The molecule has 2 N–H and O–H groups in total. The first kappa shape index (κ1) is 27.5. The molecule has 2 aromatic carbocycles. The van der Waals surface area contributed by atoms with Crippen LogP contribution in [0.15, 0.2) is 69.1 Å². The number of nitrogens with two attached hydrogens (primary N) is 1. The van der Waals surface area contributed by atoms with Gasteiger partial charge in [0.05, 0.1) is 20.1 Å². The molecule has 0 fully saturated rings. The molecule has 3 rings (SSSR count). The van der Waals surface area contributed by atoms with Gasteiger partial charge in [0, 0.05) is 10.6 Å². The summed E-state index contributed by atoms with van der Waals surface area (Å²) >= 11 is 1.47. The molecule has 0 aliphatic carbocycles. The van der Waals surface area contributed by atoms with Crippen LogP contribution in [-0.4, -0.2) is 46.3 Å². The summed E-state index contributed by atoms with van der Waals surface area (Å²) in [5.74, 6) is -2.31. The molecule has 0 radical (unpaired) electrons. The third-order valence-corrected chi connectivity index (χ3v) is 6.42. The molecule has 194 valence electrons. The Labute approximate surface area is 217 Å². The maximum Gasteiger partial charge on any atom is 0.333 e. The van der Waals surface area contributed by atoms with Crippen molar-refractivity contribution in [3.05, 3.63) is 92.1 Å². The monoisotopic (exact) mass is 525 g/mol. The Morgan fingerprint density at radius 2 is 1.62 bits per heavy atom. The molecule has 0 aliphatic heterocycles. The lowest BCUT2D eigenvalue weighted by Crippen LogP contribution is -2.46. The summed E-state index contributed by atoms with van der Waals surface area (Å²) in [7, 11) is 1.11. The smallest absolute Gasteiger partial charge is 0.333 e. The zero-order chi connectivity index (χ0) is 26.9. The van der Waals surface area contributed by atoms with E-state index in [4.69, 9.17) is 10.5 Å². The summed E-state index contributed by atoms with van der Waals surface area (Å²) in [5.41, 5.74) is 5.42. The number of carbonyl (C=O) groups is 3. The van der Waals surface area contributed by atoms with Crippen LogP contribution in [0, 0.1) is 6.92 Å². The van der Waals surface area contributed by atoms with Crippen molar-refractivity contribution >= 4 is 35.3 Å². The van der Waals surface area contributed by atoms with Gasteiger partial charge in [-0.2, -0.15) is 0 Å². The molecule has 0 amide bonds. The minimum atomic E-state index is -1.06. The number of hydrogen-bond donors (Lipinski definition) is 1. The number of ether oxygens (including phenoxy) is 2. The van der Waals surface area contributed by atoms with Gasteiger partial charge >= 0.3 is 17.6 Å². The number of Topliss-reactive ketones (excluding diaryl/α,β-unsaturated/α-hetero) is 1. The maximum absolute atomic E-state index is 13.0. The van der Waals surface area contributed by atoms with Crippen molar-refractivity contribution in [2.45, 2.75) is 31.3 Å². The predicted molar refractivity (Wildman–Crippen MR) is 139 cm³/mol. The molecule has 0 atom stereocenters. The minimum Gasteiger partial charge on any atom is -0.468 e. The molecule has 11 heteroatoms. The van der Waals surface area contributed by atoms with Gasteiger partial charge in [-0.1, -0.05) is 48.0 Å². The Morgan fingerprint density at radius 1 is 0.946 bits per heavy atom. The minimum absolute atomic E-state index is 0.0430. The number of thioether (sulfide) groups is 1. The number of benzene rings is 2. The molecule has 10 nitrogen and oxygen atoms in total. The summed E-state index contributed by atoms with van der Waals surface area (Å²) < 4.78 is 11.2. The van der Waals surface area contributed by atoms with Gasteiger partial charge in [0.2, 0.25) is 5.78 Å². The van der Waals surface area contributed by atoms with Crippen LogP contribution in [0.25, 0.3) is 0 Å². The van der Waals surface area contributed by atoms with Crippen molar-refractivity contribution in [3.63, 3.8) is 0 Å². The van der Waals surface area contributed by atoms with Crippen LogP contribution in [0.2, 0.25) is 0 Å². The van der Waals surface area contributed by atoms with E-state index in [2.05, 4.69) is 4.74 Å². The van der Waals surface area contributed by atoms with E-state index in [0.717, 1.165) is 22.1 Å². The van der Waals surface area contributed by atoms with Crippen molar-refractivity contribution in [1.82, 2.24) is 9.13 Å². The average Bonchev–Trinajstić information content (AvgIpc) is 2.89. The molecule has 0 saturated heterocycles. The SMILES string of the molecule is COC(=O)Cn1c(=O)c(C(=O)COC(=O)CCSc2ccc(C)cc2)c(N)n(Cc2ccccc2)c1=O. The van der Waals surface area contributed by atoms with Crippen LogP contribution < -0.4 is 17.0 Å². The van der Waals surface area contributed by atoms with Crippen molar-refractivity contribution < 1.29 is 23.9 Å². The number of rotatable bonds is 11. The zero-order valence-electron chi connectivity index (χ0n) is 20.5. The third kappa shape index (κ3) is 7.20. The Morgan fingerprint density at radius 3 is 2.27 bits per heavy atom. The summed E-state index contributed by atoms with van der Waals surface area (Å²) in [6.45, 7) is 0.478. The van der Waals surface area contributed by atoms with Gasteiger partial charge in [0.1, 0.15) is 17.9 Å². The fraction of sp³-hybridized carbons (Fsp3) is 0.269. The van der Waals surface area contributed by atoms with Gasteiger partial charge < -0.3 is 15.2 Å². The molecule has 1 heterocycles. The lowest BCUT2D eigenvalue weighted by Gasteiger charge is -2.16. The van der Waals surface area contributed by atoms with E-state index in [-0.39, 0.29) is 18.8 Å². The highest BCUT2D eigenvalue weighted by molar-refractivity contribution is 7.99. The molecule has 0 aliphatic rings. The first-order valence-electron chi connectivity index (χ1n) is 11.3. The van der Waals surface area contributed by atoms with E-state index in [1.807, 2.05) is 31.2 Å². The van der Waals surface area contributed by atoms with Gasteiger partial charge in [0.15, 0.2) is 6.61 Å². The number of ketones is 1. The van der Waals surface area contributed by atoms with Crippen LogP contribution in [0.1, 0.15) is 27.9 Å². The Hall–Kier alpha value is -4.12. The van der Waals surface area contributed by atoms with Gasteiger partial charge in [-0.3, -0.25) is 23.7 Å². The number of hydrogen-bond acceptors (Lipinski definition) is 9. The summed E-state index contributed by atoms with van der Waals surface area (Å²) in [4.78, 5) is 64.0. The van der Waals surface area contributed by atoms with E-state index >= 15 is 0 Å². The normalized spacial score (nSPS) is 10.6. The second-order valence-electron chi connectivity index (χ2n) is 8.08. The standard InChI is InChI=1S/C26H27N3O7S/c1-17-8-10-19(11-9-17)37-13-12-21(31)36-16-20(30)23-24(27)28(14-18-6-4-3-5-7-18)26(34)29(25(23)33)15-22(32)35-2/h3-11H,12-16,27H2,1-2H3. The number of carbonyl (C=O) groups excluding carboxylic acids is 3. The highest BCUT2D eigenvalue weighted by Gasteiger charge is 2.25. The van der Waals surface area contributed by atoms with Gasteiger partial charge in [-0.05, 0) is 24.6 Å². The van der Waals surface area contributed by atoms with Crippen LogP contribution >= 0.6 is 11.8 Å². The lowest BCUT2D eigenvalue weighted by molar-refractivity contribution is -0.142. The molecule has 0 bridgehead atoms. The predicted octanol–water partition coefficient (Wildman–Crippen LogP) is 2.03. The van der Waals surface area contributed by atoms with E-state index in [0.29, 0.717) is 15.9 Å². The fourth-order valence-corrected chi connectivity index (χ4v) is 4.24. The molecular formula is C26H27N3O7S. The Balaban J connectivity index is 1.78. The van der Waals surface area contributed by atoms with E-state index in [1.54, 1.807) is 30.3 Å². The maximum atomic E-state index is 13.0. The van der Waals surface area contributed by atoms with Gasteiger partial charge in [-0.25, -0.2) is 9.36 Å².